The third kappa shape index (κ3) is 2.74. The number of para-hydroxylation sites is 2. The number of nitrogens with one attached hydrogen (secondary N) is 1. The van der Waals surface area contributed by atoms with Crippen molar-refractivity contribution in [2.75, 3.05) is 11.9 Å². The van der Waals surface area contributed by atoms with Gasteiger partial charge in [-0.1, -0.05) is 12.1 Å². The molecular formula is C12H16N2O3. The minimum absolute atomic E-state index is 0.132. The highest BCUT2D eigenvalue weighted by Crippen LogP contribution is 2.30. The highest BCUT2D eigenvalue weighted by molar-refractivity contribution is 5.61. The van der Waals surface area contributed by atoms with Crippen molar-refractivity contribution in [2.24, 2.45) is 0 Å². The zero-order valence-electron chi connectivity index (χ0n) is 9.76. The molecule has 1 fully saturated rings. The van der Waals surface area contributed by atoms with Gasteiger partial charge in [0.1, 0.15) is 5.69 Å². The van der Waals surface area contributed by atoms with Crippen LogP contribution < -0.4 is 5.32 Å². The lowest BCUT2D eigenvalue weighted by molar-refractivity contribution is -0.384. The van der Waals surface area contributed by atoms with Gasteiger partial charge in [-0.2, -0.15) is 0 Å². The molecule has 0 atom stereocenters. The van der Waals surface area contributed by atoms with Crippen LogP contribution in [0.2, 0.25) is 0 Å². The average Bonchev–Trinajstić information content (AvgIpc) is 2.26. The highest BCUT2D eigenvalue weighted by Gasteiger charge is 2.30. The van der Waals surface area contributed by atoms with E-state index < -0.39 is 0 Å². The summed E-state index contributed by atoms with van der Waals surface area (Å²) in [5.74, 6) is 0. The molecule has 1 aromatic rings. The zero-order chi connectivity index (χ0) is 12.3. The van der Waals surface area contributed by atoms with E-state index in [1.54, 1.807) is 18.2 Å². The largest absolute Gasteiger partial charge is 0.378 e. The Morgan fingerprint density at radius 1 is 1.47 bits per heavy atom. The van der Waals surface area contributed by atoms with Crippen LogP contribution in [-0.4, -0.2) is 23.7 Å². The number of ether oxygens (including phenoxy) is 1. The molecule has 0 aliphatic heterocycles. The highest BCUT2D eigenvalue weighted by atomic mass is 16.6. The zero-order valence-corrected chi connectivity index (χ0v) is 9.76. The summed E-state index contributed by atoms with van der Waals surface area (Å²) >= 11 is 0. The van der Waals surface area contributed by atoms with Gasteiger partial charge in [-0.25, -0.2) is 0 Å². The molecule has 0 aromatic heterocycles. The van der Waals surface area contributed by atoms with Crippen molar-refractivity contribution < 1.29 is 9.66 Å². The first-order chi connectivity index (χ1) is 8.20. The molecule has 1 aliphatic rings. The Morgan fingerprint density at radius 2 is 2.18 bits per heavy atom. The fraction of sp³-hybridized carbons (Fsp3) is 0.500. The minimum Gasteiger partial charge on any atom is -0.378 e. The molecule has 0 heterocycles. The summed E-state index contributed by atoms with van der Waals surface area (Å²) in [6.07, 6.45) is 2.14. The second-order valence-electron chi connectivity index (χ2n) is 4.16. The molecule has 0 spiro atoms. The summed E-state index contributed by atoms with van der Waals surface area (Å²) < 4.78 is 5.45. The van der Waals surface area contributed by atoms with Gasteiger partial charge < -0.3 is 10.1 Å². The summed E-state index contributed by atoms with van der Waals surface area (Å²) in [4.78, 5) is 10.5. The summed E-state index contributed by atoms with van der Waals surface area (Å²) in [6, 6.07) is 7.02. The lowest BCUT2D eigenvalue weighted by Gasteiger charge is -2.35. The molecule has 1 aliphatic carbocycles. The Bertz CT molecular complexity index is 402. The van der Waals surface area contributed by atoms with Gasteiger partial charge in [0.2, 0.25) is 0 Å². The number of hydrogen-bond acceptors (Lipinski definition) is 4. The second-order valence-corrected chi connectivity index (χ2v) is 4.16. The van der Waals surface area contributed by atoms with E-state index in [0.717, 1.165) is 19.4 Å². The van der Waals surface area contributed by atoms with Crippen molar-refractivity contribution in [1.29, 1.82) is 0 Å². The lowest BCUT2D eigenvalue weighted by Crippen LogP contribution is -2.40. The van der Waals surface area contributed by atoms with Gasteiger partial charge in [0, 0.05) is 18.7 Å². The van der Waals surface area contributed by atoms with E-state index in [-0.39, 0.29) is 16.7 Å². The van der Waals surface area contributed by atoms with Gasteiger partial charge in [-0.15, -0.1) is 0 Å². The molecule has 92 valence electrons. The van der Waals surface area contributed by atoms with Gasteiger partial charge >= 0.3 is 0 Å². The van der Waals surface area contributed by atoms with Crippen LogP contribution in [0, 0.1) is 10.1 Å². The summed E-state index contributed by atoms with van der Waals surface area (Å²) in [5.41, 5.74) is 0.727. The molecule has 1 saturated carbocycles. The molecule has 2 rings (SSSR count). The Morgan fingerprint density at radius 3 is 2.82 bits per heavy atom. The quantitative estimate of drug-likeness (QED) is 0.630. The number of nitro groups is 1. The molecule has 5 nitrogen and oxygen atoms in total. The Kier molecular flexibility index (Phi) is 3.58. The van der Waals surface area contributed by atoms with Crippen LogP contribution in [0.1, 0.15) is 19.8 Å². The van der Waals surface area contributed by atoms with Crippen LogP contribution in [-0.2, 0) is 4.74 Å². The number of benzene rings is 1. The number of nitro benzene ring substituents is 1. The Balaban J connectivity index is 1.94. The molecule has 17 heavy (non-hydrogen) atoms. The number of nitrogens with zero attached hydrogens (tertiary/aromatic N) is 1. The first kappa shape index (κ1) is 11.9. The van der Waals surface area contributed by atoms with Gasteiger partial charge in [0.15, 0.2) is 0 Å². The third-order valence-electron chi connectivity index (χ3n) is 2.96. The van der Waals surface area contributed by atoms with Crippen LogP contribution in [0.5, 0.6) is 0 Å². The normalized spacial score (nSPS) is 22.9. The van der Waals surface area contributed by atoms with E-state index in [2.05, 4.69) is 5.32 Å². The van der Waals surface area contributed by atoms with Crippen LogP contribution in [0.15, 0.2) is 24.3 Å². The maximum atomic E-state index is 10.8. The first-order valence-corrected chi connectivity index (χ1v) is 5.82. The first-order valence-electron chi connectivity index (χ1n) is 5.82. The summed E-state index contributed by atoms with van der Waals surface area (Å²) in [6.45, 7) is 2.70. The number of rotatable bonds is 5. The van der Waals surface area contributed by atoms with Crippen molar-refractivity contribution in [1.82, 2.24) is 0 Å². The Labute approximate surface area is 99.9 Å². The molecular weight excluding hydrogens is 220 g/mol. The molecule has 1 aromatic carbocycles. The van der Waals surface area contributed by atoms with Crippen molar-refractivity contribution in [2.45, 2.75) is 31.9 Å². The van der Waals surface area contributed by atoms with E-state index in [9.17, 15) is 10.1 Å². The third-order valence-corrected chi connectivity index (χ3v) is 2.96. The summed E-state index contributed by atoms with van der Waals surface area (Å²) in [7, 11) is 0. The van der Waals surface area contributed by atoms with E-state index >= 15 is 0 Å². The molecule has 0 bridgehead atoms. The van der Waals surface area contributed by atoms with Crippen molar-refractivity contribution >= 4 is 11.4 Å². The standard InChI is InChI=1S/C12H16N2O3/c1-2-17-10-7-9(8-10)13-11-5-3-4-6-12(11)14(15)16/h3-6,9-10,13H,2,7-8H2,1H3. The summed E-state index contributed by atoms with van der Waals surface area (Å²) in [5, 5.41) is 14.0. The van der Waals surface area contributed by atoms with Gasteiger partial charge in [-0.05, 0) is 25.8 Å². The molecule has 0 unspecified atom stereocenters. The second kappa shape index (κ2) is 5.14. The fourth-order valence-corrected chi connectivity index (χ4v) is 2.03. The van der Waals surface area contributed by atoms with Gasteiger partial charge in [0.05, 0.1) is 11.0 Å². The van der Waals surface area contributed by atoms with E-state index in [0.29, 0.717) is 11.8 Å². The smallest absolute Gasteiger partial charge is 0.292 e. The monoisotopic (exact) mass is 236 g/mol. The predicted molar refractivity (Wildman–Crippen MR) is 65.2 cm³/mol. The molecule has 0 amide bonds. The SMILES string of the molecule is CCOC1CC(Nc2ccccc2[N+](=O)[O-])C1. The van der Waals surface area contributed by atoms with Crippen molar-refractivity contribution in [3.8, 4) is 0 Å². The minimum atomic E-state index is -0.360. The van der Waals surface area contributed by atoms with Gasteiger partial charge in [-0.3, -0.25) is 10.1 Å². The van der Waals surface area contributed by atoms with Crippen LogP contribution in [0.4, 0.5) is 11.4 Å². The Hall–Kier alpha value is -1.62. The maximum Gasteiger partial charge on any atom is 0.292 e. The van der Waals surface area contributed by atoms with E-state index in [1.807, 2.05) is 6.92 Å². The topological polar surface area (TPSA) is 64.4 Å². The molecule has 1 N–H and O–H groups in total. The predicted octanol–water partition coefficient (Wildman–Crippen LogP) is 2.57. The number of anilines is 1. The van der Waals surface area contributed by atoms with Crippen molar-refractivity contribution in [3.63, 3.8) is 0 Å². The average molecular weight is 236 g/mol. The molecule has 0 saturated heterocycles. The lowest BCUT2D eigenvalue weighted by atomic mass is 9.89. The molecule has 0 radical (unpaired) electrons. The van der Waals surface area contributed by atoms with Gasteiger partial charge in [0.25, 0.3) is 5.69 Å². The molecule has 5 heteroatoms. The maximum absolute atomic E-state index is 10.8. The van der Waals surface area contributed by atoms with E-state index in [4.69, 9.17) is 4.74 Å². The van der Waals surface area contributed by atoms with E-state index in [1.165, 1.54) is 6.07 Å². The van der Waals surface area contributed by atoms with Crippen LogP contribution in [0.3, 0.4) is 0 Å². The number of hydrogen-bond donors (Lipinski definition) is 1. The fourth-order valence-electron chi connectivity index (χ4n) is 2.03. The van der Waals surface area contributed by atoms with Crippen LogP contribution in [0.25, 0.3) is 0 Å². The van der Waals surface area contributed by atoms with Crippen LogP contribution >= 0.6 is 0 Å². The van der Waals surface area contributed by atoms with Crippen molar-refractivity contribution in [3.05, 3.63) is 34.4 Å².